The van der Waals surface area contributed by atoms with Crippen LogP contribution in [0, 0.1) is 0 Å². The molecule has 1 heterocycles. The highest BCUT2D eigenvalue weighted by Gasteiger charge is 2.10. The number of benzene rings is 1. The standard InChI is InChI=1S/C16H26N2O/c1-14(2)19-16-9-5-4-8-15(16)17-10-13-18-11-6-3-7-12-18/h4-5,8-9,14,17H,3,6-7,10-13H2,1-2H3. The van der Waals surface area contributed by atoms with Gasteiger partial charge in [-0.2, -0.15) is 0 Å². The molecule has 0 spiro atoms. The lowest BCUT2D eigenvalue weighted by molar-refractivity contribution is 0.235. The number of rotatable bonds is 6. The number of ether oxygens (including phenoxy) is 1. The van der Waals surface area contributed by atoms with Gasteiger partial charge in [0.15, 0.2) is 0 Å². The van der Waals surface area contributed by atoms with Crippen molar-refractivity contribution in [3.63, 3.8) is 0 Å². The van der Waals surface area contributed by atoms with Crippen LogP contribution in [-0.2, 0) is 0 Å². The van der Waals surface area contributed by atoms with Crippen LogP contribution in [0.15, 0.2) is 24.3 Å². The number of para-hydroxylation sites is 2. The maximum absolute atomic E-state index is 5.81. The van der Waals surface area contributed by atoms with E-state index in [-0.39, 0.29) is 6.10 Å². The van der Waals surface area contributed by atoms with Gasteiger partial charge in [0.05, 0.1) is 11.8 Å². The smallest absolute Gasteiger partial charge is 0.142 e. The fraction of sp³-hybridized carbons (Fsp3) is 0.625. The van der Waals surface area contributed by atoms with E-state index >= 15 is 0 Å². The average Bonchev–Trinajstić information content (AvgIpc) is 2.41. The maximum atomic E-state index is 5.81. The van der Waals surface area contributed by atoms with Crippen LogP contribution in [0.4, 0.5) is 5.69 Å². The Morgan fingerprint density at radius 3 is 2.63 bits per heavy atom. The van der Waals surface area contributed by atoms with Gasteiger partial charge in [0.1, 0.15) is 5.75 Å². The number of hydrogen-bond donors (Lipinski definition) is 1. The second-order valence-electron chi connectivity index (χ2n) is 5.49. The third kappa shape index (κ3) is 4.75. The summed E-state index contributed by atoms with van der Waals surface area (Å²) in [6.45, 7) is 8.74. The summed E-state index contributed by atoms with van der Waals surface area (Å²) in [6.07, 6.45) is 4.32. The van der Waals surface area contributed by atoms with Crippen molar-refractivity contribution >= 4 is 5.69 Å². The van der Waals surface area contributed by atoms with Crippen LogP contribution < -0.4 is 10.1 Å². The van der Waals surface area contributed by atoms with Crippen LogP contribution in [0.3, 0.4) is 0 Å². The fourth-order valence-electron chi connectivity index (χ4n) is 2.50. The molecule has 1 saturated heterocycles. The van der Waals surface area contributed by atoms with E-state index in [1.165, 1.54) is 32.4 Å². The molecular formula is C16H26N2O. The minimum atomic E-state index is 0.213. The van der Waals surface area contributed by atoms with Gasteiger partial charge in [-0.05, 0) is 51.9 Å². The van der Waals surface area contributed by atoms with Crippen molar-refractivity contribution in [2.45, 2.75) is 39.2 Å². The Bertz CT molecular complexity index is 373. The van der Waals surface area contributed by atoms with Gasteiger partial charge in [-0.25, -0.2) is 0 Å². The fourth-order valence-corrected chi connectivity index (χ4v) is 2.50. The van der Waals surface area contributed by atoms with Crippen LogP contribution in [0.1, 0.15) is 33.1 Å². The molecule has 2 rings (SSSR count). The zero-order valence-corrected chi connectivity index (χ0v) is 12.2. The summed E-state index contributed by atoms with van der Waals surface area (Å²) in [5.41, 5.74) is 1.10. The van der Waals surface area contributed by atoms with Crippen LogP contribution in [-0.4, -0.2) is 37.2 Å². The quantitative estimate of drug-likeness (QED) is 0.850. The summed E-state index contributed by atoms with van der Waals surface area (Å²) in [6, 6.07) is 8.20. The van der Waals surface area contributed by atoms with E-state index in [4.69, 9.17) is 4.74 Å². The van der Waals surface area contributed by atoms with Crippen LogP contribution in [0.25, 0.3) is 0 Å². The predicted octanol–water partition coefficient (Wildman–Crippen LogP) is 3.37. The molecule has 0 saturated carbocycles. The van der Waals surface area contributed by atoms with Crippen molar-refractivity contribution in [3.8, 4) is 5.75 Å². The third-order valence-corrected chi connectivity index (χ3v) is 3.44. The molecule has 0 unspecified atom stereocenters. The van der Waals surface area contributed by atoms with Gasteiger partial charge in [-0.3, -0.25) is 0 Å². The Hall–Kier alpha value is -1.22. The van der Waals surface area contributed by atoms with Crippen LogP contribution in [0.2, 0.25) is 0 Å². The highest BCUT2D eigenvalue weighted by molar-refractivity contribution is 5.56. The van der Waals surface area contributed by atoms with E-state index in [0.29, 0.717) is 0 Å². The lowest BCUT2D eigenvalue weighted by Crippen LogP contribution is -2.33. The lowest BCUT2D eigenvalue weighted by Gasteiger charge is -2.26. The second kappa shape index (κ2) is 7.39. The van der Waals surface area contributed by atoms with Gasteiger partial charge in [0, 0.05) is 13.1 Å². The summed E-state index contributed by atoms with van der Waals surface area (Å²) in [5, 5.41) is 3.50. The molecule has 0 radical (unpaired) electrons. The van der Waals surface area contributed by atoms with Crippen molar-refractivity contribution < 1.29 is 4.74 Å². The Morgan fingerprint density at radius 1 is 1.16 bits per heavy atom. The molecule has 1 aliphatic rings. The maximum Gasteiger partial charge on any atom is 0.142 e. The Morgan fingerprint density at radius 2 is 1.89 bits per heavy atom. The van der Waals surface area contributed by atoms with Crippen molar-refractivity contribution in [3.05, 3.63) is 24.3 Å². The topological polar surface area (TPSA) is 24.5 Å². The Balaban J connectivity index is 1.81. The first-order valence-electron chi connectivity index (χ1n) is 7.47. The number of hydrogen-bond acceptors (Lipinski definition) is 3. The molecule has 0 aliphatic carbocycles. The molecular weight excluding hydrogens is 236 g/mol. The first kappa shape index (κ1) is 14.2. The van der Waals surface area contributed by atoms with Crippen LogP contribution >= 0.6 is 0 Å². The summed E-state index contributed by atoms with van der Waals surface area (Å²) in [7, 11) is 0. The minimum absolute atomic E-state index is 0.213. The molecule has 0 aromatic heterocycles. The van der Waals surface area contributed by atoms with Gasteiger partial charge < -0.3 is 15.0 Å². The number of likely N-dealkylation sites (tertiary alicyclic amines) is 1. The van der Waals surface area contributed by atoms with Gasteiger partial charge in [0.2, 0.25) is 0 Å². The Labute approximate surface area is 116 Å². The van der Waals surface area contributed by atoms with E-state index in [1.54, 1.807) is 0 Å². The monoisotopic (exact) mass is 262 g/mol. The highest BCUT2D eigenvalue weighted by atomic mass is 16.5. The van der Waals surface area contributed by atoms with E-state index in [9.17, 15) is 0 Å². The minimum Gasteiger partial charge on any atom is -0.489 e. The average molecular weight is 262 g/mol. The Kier molecular flexibility index (Phi) is 5.52. The molecule has 106 valence electrons. The number of nitrogens with one attached hydrogen (secondary N) is 1. The molecule has 3 heteroatoms. The van der Waals surface area contributed by atoms with Gasteiger partial charge in [0.25, 0.3) is 0 Å². The summed E-state index contributed by atoms with van der Waals surface area (Å²) < 4.78 is 5.81. The zero-order chi connectivity index (χ0) is 13.5. The molecule has 0 atom stereocenters. The van der Waals surface area contributed by atoms with Gasteiger partial charge in [-0.1, -0.05) is 18.6 Å². The van der Waals surface area contributed by atoms with Crippen LogP contribution in [0.5, 0.6) is 5.75 Å². The first-order chi connectivity index (χ1) is 9.25. The molecule has 1 fully saturated rings. The molecule has 1 N–H and O–H groups in total. The normalized spacial score (nSPS) is 16.6. The third-order valence-electron chi connectivity index (χ3n) is 3.44. The van der Waals surface area contributed by atoms with Crippen molar-refractivity contribution in [2.24, 2.45) is 0 Å². The first-order valence-corrected chi connectivity index (χ1v) is 7.47. The summed E-state index contributed by atoms with van der Waals surface area (Å²) in [4.78, 5) is 2.54. The molecule has 1 aliphatic heterocycles. The zero-order valence-electron chi connectivity index (χ0n) is 12.2. The molecule has 0 amide bonds. The molecule has 0 bridgehead atoms. The van der Waals surface area contributed by atoms with Crippen molar-refractivity contribution in [2.75, 3.05) is 31.5 Å². The number of piperidine rings is 1. The molecule has 19 heavy (non-hydrogen) atoms. The van der Waals surface area contributed by atoms with Gasteiger partial charge in [-0.15, -0.1) is 0 Å². The van der Waals surface area contributed by atoms with E-state index in [0.717, 1.165) is 24.5 Å². The SMILES string of the molecule is CC(C)Oc1ccccc1NCCN1CCCCC1. The van der Waals surface area contributed by atoms with Crippen molar-refractivity contribution in [1.29, 1.82) is 0 Å². The summed E-state index contributed by atoms with van der Waals surface area (Å²) >= 11 is 0. The van der Waals surface area contributed by atoms with E-state index in [2.05, 4.69) is 36.2 Å². The second-order valence-corrected chi connectivity index (χ2v) is 5.49. The molecule has 1 aromatic carbocycles. The predicted molar refractivity (Wildman–Crippen MR) is 81.0 cm³/mol. The largest absolute Gasteiger partial charge is 0.489 e. The highest BCUT2D eigenvalue weighted by Crippen LogP contribution is 2.24. The molecule has 3 nitrogen and oxygen atoms in total. The van der Waals surface area contributed by atoms with Crippen molar-refractivity contribution in [1.82, 2.24) is 4.90 Å². The number of nitrogens with zero attached hydrogens (tertiary/aromatic N) is 1. The van der Waals surface area contributed by atoms with E-state index < -0.39 is 0 Å². The van der Waals surface area contributed by atoms with Gasteiger partial charge >= 0.3 is 0 Å². The summed E-state index contributed by atoms with van der Waals surface area (Å²) in [5.74, 6) is 0.955. The van der Waals surface area contributed by atoms with E-state index in [1.807, 2.05) is 12.1 Å². The lowest BCUT2D eigenvalue weighted by atomic mass is 10.1. The molecule has 1 aromatic rings. The number of anilines is 1.